The third-order valence-corrected chi connectivity index (χ3v) is 2.80. The van der Waals surface area contributed by atoms with Gasteiger partial charge in [0.2, 0.25) is 0 Å². The Morgan fingerprint density at radius 3 is 2.57 bits per heavy atom. The fraction of sp³-hybridized carbons (Fsp3) is 0.455. The largest absolute Gasteiger partial charge is 0.330 e. The molecule has 78 valence electrons. The van der Waals surface area contributed by atoms with Crippen molar-refractivity contribution < 1.29 is 0 Å². The van der Waals surface area contributed by atoms with E-state index in [1.807, 2.05) is 0 Å². The van der Waals surface area contributed by atoms with Gasteiger partial charge in [0.15, 0.2) is 0 Å². The third kappa shape index (κ3) is 4.65. The van der Waals surface area contributed by atoms with E-state index in [0.29, 0.717) is 0 Å². The molecule has 0 unspecified atom stereocenters. The number of rotatable bonds is 6. The van der Waals surface area contributed by atoms with E-state index < -0.39 is 0 Å². The van der Waals surface area contributed by atoms with E-state index in [9.17, 15) is 0 Å². The number of unbranched alkanes of at least 4 members (excludes halogenated alkanes) is 1. The maximum atomic E-state index is 5.40. The molecule has 0 amide bonds. The Balaban J connectivity index is 2.15. The summed E-state index contributed by atoms with van der Waals surface area (Å²) in [4.78, 5) is 1.27. The van der Waals surface area contributed by atoms with Gasteiger partial charge < -0.3 is 5.73 Å². The second-order valence-electron chi connectivity index (χ2n) is 3.31. The van der Waals surface area contributed by atoms with Crippen molar-refractivity contribution in [3.8, 4) is 0 Å². The molecule has 0 bridgehead atoms. The predicted molar refractivity (Wildman–Crippen MR) is 63.3 cm³/mol. The van der Waals surface area contributed by atoms with Crippen LogP contribution in [0.4, 0.5) is 0 Å². The molecule has 0 saturated heterocycles. The van der Waals surface area contributed by atoms with E-state index in [4.69, 9.17) is 5.73 Å². The molecule has 14 heavy (non-hydrogen) atoms. The maximum Gasteiger partial charge on any atom is 0.0228 e. The van der Waals surface area contributed by atoms with Crippen molar-refractivity contribution in [2.45, 2.75) is 24.7 Å². The van der Waals surface area contributed by atoms with Crippen LogP contribution in [-0.2, 0) is 0 Å². The van der Waals surface area contributed by atoms with Gasteiger partial charge in [0.25, 0.3) is 0 Å². The van der Waals surface area contributed by atoms with Crippen LogP contribution in [0.2, 0.25) is 0 Å². The molecule has 0 atom stereocenters. The first-order chi connectivity index (χ1) is 6.83. The number of benzene rings is 1. The summed E-state index contributed by atoms with van der Waals surface area (Å²) in [6.45, 7) is 3.91. The average Bonchev–Trinajstić information content (AvgIpc) is 2.21. The van der Waals surface area contributed by atoms with E-state index in [0.717, 1.165) is 25.9 Å². The van der Waals surface area contributed by atoms with E-state index in [-0.39, 0.29) is 0 Å². The topological polar surface area (TPSA) is 38.0 Å². The predicted octanol–water partition coefficient (Wildman–Crippen LogP) is 2.33. The quantitative estimate of drug-likeness (QED) is 0.559. The molecule has 0 heterocycles. The molecule has 2 nitrogen and oxygen atoms in total. The lowest BCUT2D eigenvalue weighted by Gasteiger charge is -2.03. The molecule has 0 radical (unpaired) electrons. The summed E-state index contributed by atoms with van der Waals surface area (Å²) in [5.41, 5.74) is 6.71. The van der Waals surface area contributed by atoms with Gasteiger partial charge in [-0.1, -0.05) is 17.7 Å². The van der Waals surface area contributed by atoms with Gasteiger partial charge >= 0.3 is 0 Å². The molecule has 0 aliphatic rings. The van der Waals surface area contributed by atoms with Crippen molar-refractivity contribution in [2.24, 2.45) is 5.73 Å². The van der Waals surface area contributed by atoms with Crippen molar-refractivity contribution in [3.05, 3.63) is 29.8 Å². The highest BCUT2D eigenvalue weighted by Crippen LogP contribution is 2.14. The van der Waals surface area contributed by atoms with E-state index in [1.165, 1.54) is 10.5 Å². The first-order valence-electron chi connectivity index (χ1n) is 4.99. The van der Waals surface area contributed by atoms with Crippen molar-refractivity contribution >= 4 is 11.9 Å². The third-order valence-electron chi connectivity index (χ3n) is 1.94. The van der Waals surface area contributed by atoms with Crippen LogP contribution in [0, 0.1) is 6.92 Å². The van der Waals surface area contributed by atoms with Crippen LogP contribution in [0.1, 0.15) is 18.4 Å². The van der Waals surface area contributed by atoms with Crippen LogP contribution in [-0.4, -0.2) is 13.1 Å². The lowest BCUT2D eigenvalue weighted by Crippen LogP contribution is -2.08. The molecule has 0 aromatic heterocycles. The van der Waals surface area contributed by atoms with E-state index in [1.54, 1.807) is 11.9 Å². The highest BCUT2D eigenvalue weighted by molar-refractivity contribution is 7.97. The molecule has 0 aliphatic heterocycles. The van der Waals surface area contributed by atoms with Gasteiger partial charge in [-0.2, -0.15) is 0 Å². The second kappa shape index (κ2) is 6.87. The standard InChI is InChI=1S/C11H18N2S/c1-10-4-6-11(7-5-10)14-13-9-3-2-8-12/h4-7,13H,2-3,8-9,12H2,1H3. The average molecular weight is 210 g/mol. The van der Waals surface area contributed by atoms with Gasteiger partial charge in [-0.3, -0.25) is 4.72 Å². The molecule has 1 aromatic rings. The molecule has 1 aromatic carbocycles. The van der Waals surface area contributed by atoms with Crippen molar-refractivity contribution in [1.29, 1.82) is 0 Å². The number of aryl methyl sites for hydroxylation is 1. The fourth-order valence-electron chi connectivity index (χ4n) is 1.08. The molecular formula is C11H18N2S. The van der Waals surface area contributed by atoms with Crippen molar-refractivity contribution in [3.63, 3.8) is 0 Å². The van der Waals surface area contributed by atoms with Gasteiger partial charge in [-0.15, -0.1) is 0 Å². The Kier molecular flexibility index (Phi) is 5.68. The summed E-state index contributed by atoms with van der Waals surface area (Å²) in [6, 6.07) is 8.53. The van der Waals surface area contributed by atoms with Gasteiger partial charge in [0, 0.05) is 11.4 Å². The first-order valence-corrected chi connectivity index (χ1v) is 5.81. The summed E-state index contributed by atoms with van der Waals surface area (Å²) in [7, 11) is 0. The van der Waals surface area contributed by atoms with Crippen LogP contribution >= 0.6 is 11.9 Å². The SMILES string of the molecule is Cc1ccc(SNCCCCN)cc1. The Bertz CT molecular complexity index is 246. The van der Waals surface area contributed by atoms with Crippen LogP contribution in [0.5, 0.6) is 0 Å². The molecule has 0 saturated carbocycles. The van der Waals surface area contributed by atoms with Crippen LogP contribution in [0.25, 0.3) is 0 Å². The Labute approximate surface area is 90.4 Å². The summed E-state index contributed by atoms with van der Waals surface area (Å²) >= 11 is 1.69. The van der Waals surface area contributed by atoms with Crippen LogP contribution < -0.4 is 10.5 Å². The van der Waals surface area contributed by atoms with Gasteiger partial charge in [0.05, 0.1) is 0 Å². The smallest absolute Gasteiger partial charge is 0.0228 e. The zero-order valence-electron chi connectivity index (χ0n) is 8.62. The van der Waals surface area contributed by atoms with Crippen molar-refractivity contribution in [1.82, 2.24) is 4.72 Å². The summed E-state index contributed by atoms with van der Waals surface area (Å²) < 4.78 is 3.32. The molecule has 0 spiro atoms. The van der Waals surface area contributed by atoms with Crippen LogP contribution in [0.3, 0.4) is 0 Å². The summed E-state index contributed by atoms with van der Waals surface area (Å²) in [6.07, 6.45) is 2.25. The molecule has 0 aliphatic carbocycles. The van der Waals surface area contributed by atoms with Crippen molar-refractivity contribution in [2.75, 3.05) is 13.1 Å². The lowest BCUT2D eigenvalue weighted by molar-refractivity contribution is 0.733. The number of hydrogen-bond donors (Lipinski definition) is 2. The molecule has 3 heteroatoms. The number of nitrogens with one attached hydrogen (secondary N) is 1. The maximum absolute atomic E-state index is 5.40. The van der Waals surface area contributed by atoms with Crippen LogP contribution in [0.15, 0.2) is 29.2 Å². The Morgan fingerprint density at radius 1 is 1.21 bits per heavy atom. The normalized spacial score (nSPS) is 10.4. The minimum atomic E-state index is 0.789. The van der Waals surface area contributed by atoms with Gasteiger partial charge in [-0.05, 0) is 50.4 Å². The highest BCUT2D eigenvalue weighted by Gasteiger charge is 1.92. The monoisotopic (exact) mass is 210 g/mol. The Morgan fingerprint density at radius 2 is 1.93 bits per heavy atom. The second-order valence-corrected chi connectivity index (χ2v) is 4.27. The fourth-order valence-corrected chi connectivity index (χ4v) is 1.77. The lowest BCUT2D eigenvalue weighted by atomic mass is 10.2. The molecule has 1 rings (SSSR count). The first kappa shape index (κ1) is 11.6. The molecule has 3 N–H and O–H groups in total. The minimum Gasteiger partial charge on any atom is -0.330 e. The number of hydrogen-bond acceptors (Lipinski definition) is 3. The van der Waals surface area contributed by atoms with E-state index >= 15 is 0 Å². The van der Waals surface area contributed by atoms with Gasteiger partial charge in [-0.25, -0.2) is 0 Å². The summed E-state index contributed by atoms with van der Waals surface area (Å²) in [5, 5.41) is 0. The van der Waals surface area contributed by atoms with Gasteiger partial charge in [0.1, 0.15) is 0 Å². The highest BCUT2D eigenvalue weighted by atomic mass is 32.2. The zero-order valence-corrected chi connectivity index (χ0v) is 9.44. The number of nitrogens with two attached hydrogens (primary N) is 1. The summed E-state index contributed by atoms with van der Waals surface area (Å²) in [5.74, 6) is 0. The minimum absolute atomic E-state index is 0.789. The van der Waals surface area contributed by atoms with E-state index in [2.05, 4.69) is 35.9 Å². The zero-order chi connectivity index (χ0) is 10.2. The Hall–Kier alpha value is -0.510. The molecule has 0 fully saturated rings. The molecular weight excluding hydrogens is 192 g/mol.